The molecule has 1 aliphatic heterocycles. The molecule has 2 aliphatic rings. The topological polar surface area (TPSA) is 78.4 Å². The summed E-state index contributed by atoms with van der Waals surface area (Å²) in [6.45, 7) is 1.94. The zero-order valence-electron chi connectivity index (χ0n) is 11.3. The molecule has 1 spiro atoms. The number of carboxylic acid groups (broad SMARTS) is 1. The molecule has 108 valence electrons. The number of nitrogens with one attached hydrogen (secondary N) is 2. The molecule has 2 rings (SSSR count). The third-order valence-electron chi connectivity index (χ3n) is 4.33. The van der Waals surface area contributed by atoms with Crippen molar-refractivity contribution in [3.8, 4) is 0 Å². The van der Waals surface area contributed by atoms with Gasteiger partial charge in [-0.1, -0.05) is 0 Å². The summed E-state index contributed by atoms with van der Waals surface area (Å²) in [5, 5.41) is 15.1. The zero-order chi connectivity index (χ0) is 13.9. The number of hydrogen-bond acceptors (Lipinski definition) is 4. The molecule has 1 heterocycles. The molecule has 1 amide bonds. The van der Waals surface area contributed by atoms with Crippen molar-refractivity contribution in [2.45, 2.75) is 31.7 Å². The van der Waals surface area contributed by atoms with Crippen molar-refractivity contribution < 1.29 is 14.7 Å². The minimum atomic E-state index is -0.928. The van der Waals surface area contributed by atoms with Crippen molar-refractivity contribution in [3.63, 3.8) is 0 Å². The van der Waals surface area contributed by atoms with E-state index in [0.717, 1.165) is 38.1 Å². The average Bonchev–Trinajstić information content (AvgIpc) is 3.08. The summed E-state index contributed by atoms with van der Waals surface area (Å²) >= 11 is 1.60. The Bertz CT molecular complexity index is 356. The maximum Gasteiger partial charge on any atom is 0.326 e. The first-order valence-corrected chi connectivity index (χ1v) is 8.21. The fraction of sp³-hybridized carbons (Fsp3) is 0.846. The van der Waals surface area contributed by atoms with Gasteiger partial charge in [0, 0.05) is 5.92 Å². The molecule has 3 N–H and O–H groups in total. The minimum Gasteiger partial charge on any atom is -0.480 e. The highest BCUT2D eigenvalue weighted by molar-refractivity contribution is 7.98. The molecule has 6 heteroatoms. The van der Waals surface area contributed by atoms with Crippen LogP contribution in [0.1, 0.15) is 25.7 Å². The molecule has 19 heavy (non-hydrogen) atoms. The highest BCUT2D eigenvalue weighted by Gasteiger charge is 2.57. The first-order valence-electron chi connectivity index (χ1n) is 6.82. The van der Waals surface area contributed by atoms with Crippen LogP contribution in [0.2, 0.25) is 0 Å². The van der Waals surface area contributed by atoms with Crippen LogP contribution in [0.4, 0.5) is 0 Å². The highest BCUT2D eigenvalue weighted by Crippen LogP contribution is 2.58. The van der Waals surface area contributed by atoms with Crippen molar-refractivity contribution in [1.29, 1.82) is 0 Å². The third kappa shape index (κ3) is 3.42. The largest absolute Gasteiger partial charge is 0.480 e. The normalized spacial score (nSPS) is 25.8. The Morgan fingerprint density at radius 3 is 2.74 bits per heavy atom. The molecule has 0 bridgehead atoms. The fourth-order valence-corrected chi connectivity index (χ4v) is 3.43. The second-order valence-corrected chi connectivity index (χ2v) is 6.54. The van der Waals surface area contributed by atoms with E-state index < -0.39 is 12.0 Å². The molecule has 2 atom stereocenters. The smallest absolute Gasteiger partial charge is 0.326 e. The summed E-state index contributed by atoms with van der Waals surface area (Å²) in [6, 6.07) is -0.737. The standard InChI is InChI=1S/C13H22N2O3S/c1-19-7-2-10(12(17)18)15-11(16)9-8-13(9)3-5-14-6-4-13/h9-10,14H,2-8H2,1H3,(H,15,16)(H,17,18)/t9?,10-/m0/s1. The molecule has 0 aromatic heterocycles. The van der Waals surface area contributed by atoms with E-state index in [-0.39, 0.29) is 17.2 Å². The Labute approximate surface area is 117 Å². The summed E-state index contributed by atoms with van der Waals surface area (Å²) in [5.41, 5.74) is 0.165. The van der Waals surface area contributed by atoms with E-state index in [0.29, 0.717) is 6.42 Å². The number of carbonyl (C=O) groups is 2. The lowest BCUT2D eigenvalue weighted by atomic mass is 9.91. The first kappa shape index (κ1) is 14.7. The number of piperidine rings is 1. The molecule has 5 nitrogen and oxygen atoms in total. The van der Waals surface area contributed by atoms with Crippen LogP contribution in [-0.2, 0) is 9.59 Å². The van der Waals surface area contributed by atoms with Crippen LogP contribution >= 0.6 is 11.8 Å². The number of rotatable bonds is 6. The summed E-state index contributed by atoms with van der Waals surface area (Å²) in [4.78, 5) is 23.3. The van der Waals surface area contributed by atoms with Crippen LogP contribution in [0.15, 0.2) is 0 Å². The van der Waals surface area contributed by atoms with Gasteiger partial charge in [-0.3, -0.25) is 4.79 Å². The van der Waals surface area contributed by atoms with Crippen LogP contribution in [-0.4, -0.2) is 48.1 Å². The molecule has 1 saturated carbocycles. The molecule has 0 radical (unpaired) electrons. The van der Waals surface area contributed by atoms with E-state index in [1.807, 2.05) is 6.26 Å². The molecular weight excluding hydrogens is 264 g/mol. The summed E-state index contributed by atoms with van der Waals surface area (Å²) in [5.74, 6) is -0.208. The Morgan fingerprint density at radius 2 is 2.16 bits per heavy atom. The number of amides is 1. The van der Waals surface area contributed by atoms with Gasteiger partial charge in [0.05, 0.1) is 0 Å². The number of thioether (sulfide) groups is 1. The number of aliphatic carboxylic acids is 1. The second-order valence-electron chi connectivity index (χ2n) is 5.55. The van der Waals surface area contributed by atoms with Gasteiger partial charge in [-0.05, 0) is 56.2 Å². The Balaban J connectivity index is 1.84. The fourth-order valence-electron chi connectivity index (χ4n) is 2.96. The zero-order valence-corrected chi connectivity index (χ0v) is 12.1. The van der Waals surface area contributed by atoms with Gasteiger partial charge >= 0.3 is 5.97 Å². The quantitative estimate of drug-likeness (QED) is 0.670. The van der Waals surface area contributed by atoms with Crippen LogP contribution < -0.4 is 10.6 Å². The van der Waals surface area contributed by atoms with Crippen molar-refractivity contribution in [2.75, 3.05) is 25.1 Å². The van der Waals surface area contributed by atoms with Gasteiger partial charge in [0.1, 0.15) is 6.04 Å². The average molecular weight is 286 g/mol. The molecule has 2 fully saturated rings. The van der Waals surface area contributed by atoms with Crippen molar-refractivity contribution in [1.82, 2.24) is 10.6 Å². The molecule has 1 unspecified atom stereocenters. The van der Waals surface area contributed by atoms with Gasteiger partial charge in [-0.15, -0.1) is 0 Å². The number of carboxylic acids is 1. The maximum atomic E-state index is 12.2. The monoisotopic (exact) mass is 286 g/mol. The SMILES string of the molecule is CSCC[C@H](NC(=O)C1CC12CCNCC2)C(=O)O. The summed E-state index contributed by atoms with van der Waals surface area (Å²) < 4.78 is 0. The molecule has 0 aromatic carbocycles. The van der Waals surface area contributed by atoms with E-state index in [2.05, 4.69) is 10.6 Å². The van der Waals surface area contributed by atoms with E-state index in [1.165, 1.54) is 0 Å². The second kappa shape index (κ2) is 6.13. The molecule has 0 aromatic rings. The van der Waals surface area contributed by atoms with Crippen molar-refractivity contribution in [2.24, 2.45) is 11.3 Å². The van der Waals surface area contributed by atoms with Gasteiger partial charge < -0.3 is 15.7 Å². The van der Waals surface area contributed by atoms with Gasteiger partial charge in [0.15, 0.2) is 0 Å². The Morgan fingerprint density at radius 1 is 1.47 bits per heavy atom. The van der Waals surface area contributed by atoms with Gasteiger partial charge in [0.2, 0.25) is 5.91 Å². The van der Waals surface area contributed by atoms with Crippen LogP contribution in [0.25, 0.3) is 0 Å². The highest BCUT2D eigenvalue weighted by atomic mass is 32.2. The summed E-state index contributed by atoms with van der Waals surface area (Å²) in [7, 11) is 0. The predicted molar refractivity (Wildman–Crippen MR) is 75.2 cm³/mol. The van der Waals surface area contributed by atoms with Gasteiger partial charge in [-0.2, -0.15) is 11.8 Å². The lowest BCUT2D eigenvalue weighted by Crippen LogP contribution is -2.43. The predicted octanol–water partition coefficient (Wildman–Crippen LogP) is 0.699. The Kier molecular flexibility index (Phi) is 4.73. The Hall–Kier alpha value is -0.750. The van der Waals surface area contributed by atoms with Crippen LogP contribution in [0.5, 0.6) is 0 Å². The number of carbonyl (C=O) groups excluding carboxylic acids is 1. The minimum absolute atomic E-state index is 0.0331. The van der Waals surface area contributed by atoms with Crippen LogP contribution in [0, 0.1) is 11.3 Å². The maximum absolute atomic E-state index is 12.2. The van der Waals surface area contributed by atoms with Crippen molar-refractivity contribution >= 4 is 23.6 Å². The van der Waals surface area contributed by atoms with E-state index >= 15 is 0 Å². The lowest BCUT2D eigenvalue weighted by Gasteiger charge is -2.23. The van der Waals surface area contributed by atoms with E-state index in [1.54, 1.807) is 11.8 Å². The third-order valence-corrected chi connectivity index (χ3v) is 4.97. The van der Waals surface area contributed by atoms with E-state index in [9.17, 15) is 9.59 Å². The lowest BCUT2D eigenvalue weighted by molar-refractivity contribution is -0.142. The molecule has 1 saturated heterocycles. The van der Waals surface area contributed by atoms with Gasteiger partial charge in [0.25, 0.3) is 0 Å². The molecular formula is C13H22N2O3S. The molecule has 1 aliphatic carbocycles. The van der Waals surface area contributed by atoms with Crippen LogP contribution in [0.3, 0.4) is 0 Å². The van der Waals surface area contributed by atoms with Crippen molar-refractivity contribution in [3.05, 3.63) is 0 Å². The first-order chi connectivity index (χ1) is 9.09. The van der Waals surface area contributed by atoms with E-state index in [4.69, 9.17) is 5.11 Å². The van der Waals surface area contributed by atoms with Gasteiger partial charge in [-0.25, -0.2) is 4.79 Å². The summed E-state index contributed by atoms with van der Waals surface area (Å²) in [6.07, 6.45) is 5.42. The number of hydrogen-bond donors (Lipinski definition) is 3.